The number of hydrogen-bond donors (Lipinski definition) is 2. The van der Waals surface area contributed by atoms with Crippen LogP contribution in [0.3, 0.4) is 0 Å². The predicted molar refractivity (Wildman–Crippen MR) is 76.5 cm³/mol. The standard InChI is InChI=1S/C14H21N3O2/c1-11-9-13(17(18)19)4-5-14(11)16-8-6-12-3-2-7-15-10-12/h4-5,9,12,15-16H,2-3,6-8,10H2,1H3. The topological polar surface area (TPSA) is 67.2 Å². The molecule has 1 aliphatic rings. The molecule has 1 aromatic rings. The Balaban J connectivity index is 1.83. The number of hydrogen-bond acceptors (Lipinski definition) is 4. The summed E-state index contributed by atoms with van der Waals surface area (Å²) in [6, 6.07) is 4.97. The number of non-ortho nitro benzene ring substituents is 1. The SMILES string of the molecule is Cc1cc([N+](=O)[O-])ccc1NCCC1CCCNC1. The van der Waals surface area contributed by atoms with E-state index < -0.39 is 0 Å². The van der Waals surface area contributed by atoms with Crippen LogP contribution in [-0.4, -0.2) is 24.6 Å². The van der Waals surface area contributed by atoms with Gasteiger partial charge in [0.2, 0.25) is 0 Å². The molecular weight excluding hydrogens is 242 g/mol. The van der Waals surface area contributed by atoms with E-state index in [0.29, 0.717) is 0 Å². The van der Waals surface area contributed by atoms with Crippen molar-refractivity contribution >= 4 is 11.4 Å². The third-order valence-electron chi connectivity index (χ3n) is 3.69. The monoisotopic (exact) mass is 263 g/mol. The van der Waals surface area contributed by atoms with E-state index in [4.69, 9.17) is 0 Å². The van der Waals surface area contributed by atoms with E-state index in [9.17, 15) is 10.1 Å². The summed E-state index contributed by atoms with van der Waals surface area (Å²) in [4.78, 5) is 10.3. The second-order valence-corrected chi connectivity index (χ2v) is 5.18. The van der Waals surface area contributed by atoms with E-state index in [1.54, 1.807) is 18.2 Å². The zero-order valence-electron chi connectivity index (χ0n) is 11.3. The summed E-state index contributed by atoms with van der Waals surface area (Å²) >= 11 is 0. The summed E-state index contributed by atoms with van der Waals surface area (Å²) in [5, 5.41) is 17.5. The lowest BCUT2D eigenvalue weighted by Gasteiger charge is -2.23. The van der Waals surface area contributed by atoms with Crippen LogP contribution in [0.2, 0.25) is 0 Å². The number of nitrogens with one attached hydrogen (secondary N) is 2. The fourth-order valence-corrected chi connectivity index (χ4v) is 2.54. The molecule has 1 atom stereocenters. The van der Waals surface area contributed by atoms with Crippen LogP contribution in [0.1, 0.15) is 24.8 Å². The van der Waals surface area contributed by atoms with Gasteiger partial charge in [-0.05, 0) is 56.8 Å². The number of nitrogens with zero attached hydrogens (tertiary/aromatic N) is 1. The van der Waals surface area contributed by atoms with Gasteiger partial charge in [-0.15, -0.1) is 0 Å². The van der Waals surface area contributed by atoms with E-state index in [2.05, 4.69) is 10.6 Å². The third kappa shape index (κ3) is 3.92. The molecule has 0 bridgehead atoms. The largest absolute Gasteiger partial charge is 0.385 e. The Morgan fingerprint density at radius 1 is 1.53 bits per heavy atom. The Kier molecular flexibility index (Phi) is 4.74. The van der Waals surface area contributed by atoms with Crippen LogP contribution in [-0.2, 0) is 0 Å². The lowest BCUT2D eigenvalue weighted by molar-refractivity contribution is -0.384. The molecule has 2 N–H and O–H groups in total. The average molecular weight is 263 g/mol. The van der Waals surface area contributed by atoms with Crippen LogP contribution in [0.15, 0.2) is 18.2 Å². The first-order valence-electron chi connectivity index (χ1n) is 6.86. The van der Waals surface area contributed by atoms with Crippen molar-refractivity contribution in [3.63, 3.8) is 0 Å². The van der Waals surface area contributed by atoms with Gasteiger partial charge in [0, 0.05) is 24.4 Å². The molecule has 0 amide bonds. The van der Waals surface area contributed by atoms with E-state index in [1.807, 2.05) is 6.92 Å². The molecule has 1 fully saturated rings. The van der Waals surface area contributed by atoms with Gasteiger partial charge in [-0.2, -0.15) is 0 Å². The first-order valence-corrected chi connectivity index (χ1v) is 6.86. The van der Waals surface area contributed by atoms with Gasteiger partial charge in [0.15, 0.2) is 0 Å². The van der Waals surface area contributed by atoms with Gasteiger partial charge in [0.1, 0.15) is 0 Å². The first-order chi connectivity index (χ1) is 9.16. The number of nitro benzene ring substituents is 1. The highest BCUT2D eigenvalue weighted by Crippen LogP contribution is 2.21. The van der Waals surface area contributed by atoms with Crippen molar-refractivity contribution in [2.75, 3.05) is 25.0 Å². The maximum atomic E-state index is 10.7. The Morgan fingerprint density at radius 3 is 3.00 bits per heavy atom. The van der Waals surface area contributed by atoms with Crippen LogP contribution in [0.4, 0.5) is 11.4 Å². The van der Waals surface area contributed by atoms with Crippen molar-refractivity contribution in [2.45, 2.75) is 26.2 Å². The number of anilines is 1. The van der Waals surface area contributed by atoms with E-state index in [0.717, 1.165) is 43.2 Å². The van der Waals surface area contributed by atoms with Crippen molar-refractivity contribution in [1.82, 2.24) is 5.32 Å². The second-order valence-electron chi connectivity index (χ2n) is 5.18. The van der Waals surface area contributed by atoms with Crippen molar-refractivity contribution < 1.29 is 4.92 Å². The van der Waals surface area contributed by atoms with Gasteiger partial charge in [-0.3, -0.25) is 10.1 Å². The van der Waals surface area contributed by atoms with Crippen LogP contribution in [0.25, 0.3) is 0 Å². The lowest BCUT2D eigenvalue weighted by atomic mass is 9.96. The highest BCUT2D eigenvalue weighted by molar-refractivity contribution is 5.55. The van der Waals surface area contributed by atoms with Crippen molar-refractivity contribution in [3.8, 4) is 0 Å². The van der Waals surface area contributed by atoms with Crippen molar-refractivity contribution in [3.05, 3.63) is 33.9 Å². The molecule has 104 valence electrons. The van der Waals surface area contributed by atoms with Crippen LogP contribution < -0.4 is 10.6 Å². The molecule has 1 saturated heterocycles. The van der Waals surface area contributed by atoms with E-state index in [1.165, 1.54) is 12.8 Å². The fourth-order valence-electron chi connectivity index (χ4n) is 2.54. The molecule has 1 unspecified atom stereocenters. The minimum absolute atomic E-state index is 0.152. The average Bonchev–Trinajstić information content (AvgIpc) is 2.41. The minimum Gasteiger partial charge on any atom is -0.385 e. The highest BCUT2D eigenvalue weighted by atomic mass is 16.6. The predicted octanol–water partition coefficient (Wildman–Crippen LogP) is 2.70. The zero-order valence-corrected chi connectivity index (χ0v) is 11.3. The van der Waals surface area contributed by atoms with Crippen LogP contribution in [0, 0.1) is 23.0 Å². The van der Waals surface area contributed by atoms with Gasteiger partial charge < -0.3 is 10.6 Å². The molecule has 0 radical (unpaired) electrons. The Bertz CT molecular complexity index is 442. The minimum atomic E-state index is -0.357. The summed E-state index contributed by atoms with van der Waals surface area (Å²) in [6.45, 7) is 5.08. The molecule has 0 aliphatic carbocycles. The summed E-state index contributed by atoms with van der Waals surface area (Å²) in [7, 11) is 0. The second kappa shape index (κ2) is 6.52. The number of rotatable bonds is 5. The molecule has 1 heterocycles. The maximum Gasteiger partial charge on any atom is 0.269 e. The summed E-state index contributed by atoms with van der Waals surface area (Å²) in [5.41, 5.74) is 2.07. The van der Waals surface area contributed by atoms with Gasteiger partial charge in [-0.1, -0.05) is 0 Å². The molecule has 0 saturated carbocycles. The fraction of sp³-hybridized carbons (Fsp3) is 0.571. The first kappa shape index (κ1) is 13.8. The lowest BCUT2D eigenvalue weighted by Crippen LogP contribution is -2.30. The molecule has 5 nitrogen and oxygen atoms in total. The number of piperidine rings is 1. The molecule has 5 heteroatoms. The van der Waals surface area contributed by atoms with Gasteiger partial charge in [-0.25, -0.2) is 0 Å². The van der Waals surface area contributed by atoms with Gasteiger partial charge in [0.05, 0.1) is 4.92 Å². The molecule has 19 heavy (non-hydrogen) atoms. The Morgan fingerprint density at radius 2 is 2.37 bits per heavy atom. The number of nitro groups is 1. The number of aryl methyl sites for hydroxylation is 1. The summed E-state index contributed by atoms with van der Waals surface area (Å²) in [5.74, 6) is 0.750. The molecule has 1 aromatic carbocycles. The molecule has 0 spiro atoms. The quantitative estimate of drug-likeness (QED) is 0.633. The third-order valence-corrected chi connectivity index (χ3v) is 3.69. The Labute approximate surface area is 113 Å². The van der Waals surface area contributed by atoms with Crippen molar-refractivity contribution in [1.29, 1.82) is 0 Å². The van der Waals surface area contributed by atoms with Crippen LogP contribution >= 0.6 is 0 Å². The van der Waals surface area contributed by atoms with E-state index >= 15 is 0 Å². The smallest absolute Gasteiger partial charge is 0.269 e. The molecule has 0 aromatic heterocycles. The zero-order chi connectivity index (χ0) is 13.7. The number of benzene rings is 1. The Hall–Kier alpha value is -1.62. The molecule has 1 aliphatic heterocycles. The van der Waals surface area contributed by atoms with Crippen molar-refractivity contribution in [2.24, 2.45) is 5.92 Å². The maximum absolute atomic E-state index is 10.7. The van der Waals surface area contributed by atoms with Gasteiger partial charge in [0.25, 0.3) is 5.69 Å². The summed E-state index contributed by atoms with van der Waals surface area (Å²) < 4.78 is 0. The van der Waals surface area contributed by atoms with Gasteiger partial charge >= 0.3 is 0 Å². The highest BCUT2D eigenvalue weighted by Gasteiger charge is 2.12. The van der Waals surface area contributed by atoms with E-state index in [-0.39, 0.29) is 10.6 Å². The molecular formula is C14H21N3O2. The summed E-state index contributed by atoms with van der Waals surface area (Å²) in [6.07, 6.45) is 3.71. The molecule has 2 rings (SSSR count). The van der Waals surface area contributed by atoms with Crippen LogP contribution in [0.5, 0.6) is 0 Å². The normalized spacial score (nSPS) is 19.1.